The number of carbonyl (C=O) groups is 2. The number of imide groups is 1. The molecule has 1 aliphatic heterocycles. The van der Waals surface area contributed by atoms with Crippen LogP contribution >= 0.6 is 0 Å². The monoisotopic (exact) mass is 249 g/mol. The molecule has 2 fully saturated rings. The van der Waals surface area contributed by atoms with Crippen molar-refractivity contribution in [2.75, 3.05) is 0 Å². The molecule has 0 radical (unpaired) electrons. The van der Waals surface area contributed by atoms with Gasteiger partial charge in [-0.15, -0.1) is 0 Å². The van der Waals surface area contributed by atoms with Crippen LogP contribution < -0.4 is 0 Å². The molecule has 0 bridgehead atoms. The summed E-state index contributed by atoms with van der Waals surface area (Å²) < 4.78 is 0. The Morgan fingerprint density at radius 2 is 2.28 bits per heavy atom. The first-order chi connectivity index (χ1) is 8.65. The van der Waals surface area contributed by atoms with Crippen LogP contribution in [-0.2, 0) is 4.79 Å². The molecule has 3 aliphatic rings. The van der Waals surface area contributed by atoms with Gasteiger partial charge in [-0.25, -0.2) is 9.69 Å². The predicted octanol–water partition coefficient (Wildman–Crippen LogP) is 2.06. The highest BCUT2D eigenvalue weighted by Gasteiger charge is 2.54. The van der Waals surface area contributed by atoms with Gasteiger partial charge in [0.15, 0.2) is 0 Å². The SMILES string of the molecule is O=C(O)N1C(=O)C(=CO)[C@H]2C[C@@H]3CCCC=C3[C@H]21. The van der Waals surface area contributed by atoms with Crippen LogP contribution in [0.5, 0.6) is 0 Å². The number of aliphatic hydroxyl groups is 1. The molecule has 18 heavy (non-hydrogen) atoms. The summed E-state index contributed by atoms with van der Waals surface area (Å²) in [6.45, 7) is 0. The maximum atomic E-state index is 12.0. The van der Waals surface area contributed by atoms with Crippen LogP contribution in [0.4, 0.5) is 4.79 Å². The van der Waals surface area contributed by atoms with Crippen molar-refractivity contribution in [2.24, 2.45) is 11.8 Å². The van der Waals surface area contributed by atoms with Crippen molar-refractivity contribution < 1.29 is 19.8 Å². The van der Waals surface area contributed by atoms with Crippen LogP contribution in [0, 0.1) is 11.8 Å². The number of fused-ring (bicyclic) bond motifs is 3. The Labute approximate surface area is 104 Å². The number of hydrogen-bond acceptors (Lipinski definition) is 3. The molecule has 2 aliphatic carbocycles. The van der Waals surface area contributed by atoms with E-state index in [0.717, 1.165) is 42.4 Å². The van der Waals surface area contributed by atoms with Gasteiger partial charge in [0.05, 0.1) is 17.9 Å². The van der Waals surface area contributed by atoms with E-state index in [0.29, 0.717) is 5.92 Å². The molecule has 0 aromatic carbocycles. The van der Waals surface area contributed by atoms with Crippen molar-refractivity contribution in [3.8, 4) is 0 Å². The second-order valence-corrected chi connectivity index (χ2v) is 5.16. The second kappa shape index (κ2) is 3.86. The fraction of sp³-hybridized carbons (Fsp3) is 0.538. The number of likely N-dealkylation sites (tertiary alicyclic amines) is 1. The van der Waals surface area contributed by atoms with Crippen molar-refractivity contribution in [3.63, 3.8) is 0 Å². The maximum absolute atomic E-state index is 12.0. The molecule has 2 amide bonds. The predicted molar refractivity (Wildman–Crippen MR) is 62.9 cm³/mol. The Morgan fingerprint density at radius 3 is 2.94 bits per heavy atom. The molecule has 3 atom stereocenters. The molecule has 2 N–H and O–H groups in total. The standard InChI is InChI=1S/C13H15NO4/c15-6-10-9-5-7-3-1-2-4-8(7)11(9)14(12(10)16)13(17)18/h4,6-7,9,11,15H,1-3,5H2,(H,17,18)/t7-,9+,11+/m0/s1. The van der Waals surface area contributed by atoms with E-state index in [4.69, 9.17) is 0 Å². The minimum absolute atomic E-state index is 0.159. The lowest BCUT2D eigenvalue weighted by atomic mass is 9.89. The van der Waals surface area contributed by atoms with Gasteiger partial charge in [-0.1, -0.05) is 6.08 Å². The molecule has 1 saturated carbocycles. The smallest absolute Gasteiger partial charge is 0.414 e. The molecule has 0 unspecified atom stereocenters. The summed E-state index contributed by atoms with van der Waals surface area (Å²) in [5.74, 6) is -0.350. The molecule has 5 nitrogen and oxygen atoms in total. The van der Waals surface area contributed by atoms with Crippen molar-refractivity contribution in [1.82, 2.24) is 4.90 Å². The number of allylic oxidation sites excluding steroid dienone is 1. The van der Waals surface area contributed by atoms with E-state index in [-0.39, 0.29) is 17.5 Å². The van der Waals surface area contributed by atoms with Crippen LogP contribution in [0.3, 0.4) is 0 Å². The summed E-state index contributed by atoms with van der Waals surface area (Å²) in [6, 6.07) is -0.376. The van der Waals surface area contributed by atoms with Crippen LogP contribution in [-0.4, -0.2) is 33.2 Å². The summed E-state index contributed by atoms with van der Waals surface area (Å²) >= 11 is 0. The average Bonchev–Trinajstić information content (AvgIpc) is 2.82. The first kappa shape index (κ1) is 11.3. The number of nitrogens with zero attached hydrogens (tertiary/aromatic N) is 1. The van der Waals surface area contributed by atoms with Crippen molar-refractivity contribution in [2.45, 2.75) is 31.7 Å². The van der Waals surface area contributed by atoms with Gasteiger partial charge >= 0.3 is 6.09 Å². The molecule has 0 aromatic heterocycles. The minimum Gasteiger partial charge on any atom is -0.515 e. The average molecular weight is 249 g/mol. The fourth-order valence-corrected chi connectivity index (χ4v) is 3.66. The van der Waals surface area contributed by atoms with Crippen LogP contribution in [0.2, 0.25) is 0 Å². The van der Waals surface area contributed by atoms with Crippen LogP contribution in [0.25, 0.3) is 0 Å². The quantitative estimate of drug-likeness (QED) is 0.391. The summed E-state index contributed by atoms with van der Waals surface area (Å²) in [5, 5.41) is 18.4. The molecular formula is C13H15NO4. The van der Waals surface area contributed by atoms with Crippen LogP contribution in [0.1, 0.15) is 25.7 Å². The van der Waals surface area contributed by atoms with Gasteiger partial charge in [-0.3, -0.25) is 4.79 Å². The minimum atomic E-state index is -1.22. The van der Waals surface area contributed by atoms with Gasteiger partial charge in [-0.2, -0.15) is 0 Å². The van der Waals surface area contributed by atoms with E-state index in [1.165, 1.54) is 0 Å². The molecule has 1 saturated heterocycles. The Balaban J connectivity index is 2.06. The van der Waals surface area contributed by atoms with Gasteiger partial charge in [-0.05, 0) is 37.2 Å². The lowest BCUT2D eigenvalue weighted by molar-refractivity contribution is -0.123. The van der Waals surface area contributed by atoms with Gasteiger partial charge in [0.1, 0.15) is 0 Å². The normalized spacial score (nSPS) is 36.6. The Kier molecular flexibility index (Phi) is 2.43. The fourth-order valence-electron chi connectivity index (χ4n) is 3.66. The van der Waals surface area contributed by atoms with E-state index in [9.17, 15) is 19.8 Å². The zero-order valence-corrected chi connectivity index (χ0v) is 9.87. The Bertz CT molecular complexity index is 479. The highest BCUT2D eigenvalue weighted by molar-refractivity contribution is 6.05. The molecule has 1 heterocycles. The lowest BCUT2D eigenvalue weighted by Crippen LogP contribution is -2.39. The third-order valence-electron chi connectivity index (χ3n) is 4.36. The first-order valence-electron chi connectivity index (χ1n) is 6.26. The van der Waals surface area contributed by atoms with Crippen molar-refractivity contribution in [3.05, 3.63) is 23.5 Å². The summed E-state index contributed by atoms with van der Waals surface area (Å²) in [4.78, 5) is 24.1. The van der Waals surface area contributed by atoms with Gasteiger partial charge in [0, 0.05) is 5.92 Å². The summed E-state index contributed by atoms with van der Waals surface area (Å²) in [5.41, 5.74) is 1.33. The summed E-state index contributed by atoms with van der Waals surface area (Å²) in [7, 11) is 0. The van der Waals surface area contributed by atoms with E-state index in [1.54, 1.807) is 0 Å². The zero-order chi connectivity index (χ0) is 12.9. The van der Waals surface area contributed by atoms with E-state index in [1.807, 2.05) is 0 Å². The van der Waals surface area contributed by atoms with Crippen molar-refractivity contribution >= 4 is 12.0 Å². The number of hydrogen-bond donors (Lipinski definition) is 2. The molecule has 96 valence electrons. The molecular weight excluding hydrogens is 234 g/mol. The number of amides is 2. The molecule has 0 aromatic rings. The molecule has 0 spiro atoms. The highest BCUT2D eigenvalue weighted by atomic mass is 16.4. The first-order valence-corrected chi connectivity index (χ1v) is 6.26. The zero-order valence-electron chi connectivity index (χ0n) is 9.87. The highest BCUT2D eigenvalue weighted by Crippen LogP contribution is 2.50. The summed E-state index contributed by atoms with van der Waals surface area (Å²) in [6.07, 6.45) is 5.56. The third-order valence-corrected chi connectivity index (χ3v) is 4.36. The topological polar surface area (TPSA) is 77.8 Å². The van der Waals surface area contributed by atoms with Gasteiger partial charge < -0.3 is 10.2 Å². The Hall–Kier alpha value is -1.78. The molecule has 5 heteroatoms. The van der Waals surface area contributed by atoms with Gasteiger partial charge in [0.2, 0.25) is 0 Å². The van der Waals surface area contributed by atoms with Crippen molar-refractivity contribution in [1.29, 1.82) is 0 Å². The van der Waals surface area contributed by atoms with E-state index in [2.05, 4.69) is 6.08 Å². The third kappa shape index (κ3) is 1.33. The number of carbonyl (C=O) groups excluding carboxylic acids is 1. The Morgan fingerprint density at radius 1 is 1.50 bits per heavy atom. The number of aliphatic hydroxyl groups excluding tert-OH is 1. The molecule has 3 rings (SSSR count). The maximum Gasteiger partial charge on any atom is 0.414 e. The van der Waals surface area contributed by atoms with Crippen LogP contribution in [0.15, 0.2) is 23.5 Å². The van der Waals surface area contributed by atoms with E-state index >= 15 is 0 Å². The number of carboxylic acid groups (broad SMARTS) is 1. The largest absolute Gasteiger partial charge is 0.515 e. The lowest BCUT2D eigenvalue weighted by Gasteiger charge is -2.24. The van der Waals surface area contributed by atoms with Gasteiger partial charge in [0.25, 0.3) is 5.91 Å². The van der Waals surface area contributed by atoms with E-state index < -0.39 is 12.0 Å². The number of rotatable bonds is 0. The second-order valence-electron chi connectivity index (χ2n) is 5.16.